The van der Waals surface area contributed by atoms with E-state index in [0.717, 1.165) is 6.42 Å². The third kappa shape index (κ3) is 2.49. The minimum atomic E-state index is -0.0862. The molecule has 0 saturated heterocycles. The van der Waals surface area contributed by atoms with E-state index in [4.69, 9.17) is 0 Å². The summed E-state index contributed by atoms with van der Waals surface area (Å²) in [5.74, 6) is -0.0862. The SMILES string of the molecule is C=CC(=O)N(C=C)CCC. The summed E-state index contributed by atoms with van der Waals surface area (Å²) in [5, 5.41) is 0. The number of carbonyl (C=O) groups is 1. The van der Waals surface area contributed by atoms with Gasteiger partial charge in [-0.05, 0) is 18.7 Å². The van der Waals surface area contributed by atoms with Gasteiger partial charge in [0, 0.05) is 6.54 Å². The zero-order valence-electron chi connectivity index (χ0n) is 6.34. The van der Waals surface area contributed by atoms with Crippen molar-refractivity contribution in [3.8, 4) is 0 Å². The molecule has 0 saturated carbocycles. The summed E-state index contributed by atoms with van der Waals surface area (Å²) in [7, 11) is 0. The van der Waals surface area contributed by atoms with Crippen LogP contribution in [0.4, 0.5) is 0 Å². The highest BCUT2D eigenvalue weighted by molar-refractivity contribution is 5.87. The van der Waals surface area contributed by atoms with Gasteiger partial charge in [0.15, 0.2) is 0 Å². The maximum atomic E-state index is 10.9. The highest BCUT2D eigenvalue weighted by atomic mass is 16.2. The first-order valence-electron chi connectivity index (χ1n) is 3.31. The van der Waals surface area contributed by atoms with E-state index in [-0.39, 0.29) is 5.91 Å². The van der Waals surface area contributed by atoms with Crippen LogP contribution in [-0.4, -0.2) is 17.4 Å². The first kappa shape index (κ1) is 8.95. The van der Waals surface area contributed by atoms with Gasteiger partial charge >= 0.3 is 0 Å². The number of rotatable bonds is 4. The summed E-state index contributed by atoms with van der Waals surface area (Å²) >= 11 is 0. The smallest absolute Gasteiger partial charge is 0.249 e. The van der Waals surface area contributed by atoms with E-state index in [2.05, 4.69) is 13.2 Å². The molecule has 0 heterocycles. The van der Waals surface area contributed by atoms with Crippen LogP contribution in [0.25, 0.3) is 0 Å². The molecule has 56 valence electrons. The van der Waals surface area contributed by atoms with Crippen molar-refractivity contribution in [2.24, 2.45) is 0 Å². The molecule has 0 aliphatic heterocycles. The van der Waals surface area contributed by atoms with Gasteiger partial charge < -0.3 is 4.90 Å². The summed E-state index contributed by atoms with van der Waals surface area (Å²) in [4.78, 5) is 12.4. The zero-order valence-corrected chi connectivity index (χ0v) is 6.34. The third-order valence-electron chi connectivity index (χ3n) is 1.14. The molecule has 0 fully saturated rings. The van der Waals surface area contributed by atoms with Crippen molar-refractivity contribution in [3.63, 3.8) is 0 Å². The number of hydrogen-bond acceptors (Lipinski definition) is 1. The molecule has 0 aliphatic carbocycles. The maximum absolute atomic E-state index is 10.9. The first-order valence-corrected chi connectivity index (χ1v) is 3.31. The molecule has 0 N–H and O–H groups in total. The average Bonchev–Trinajstić information content (AvgIpc) is 1.99. The van der Waals surface area contributed by atoms with Gasteiger partial charge in [-0.25, -0.2) is 0 Å². The first-order chi connectivity index (χ1) is 4.76. The third-order valence-corrected chi connectivity index (χ3v) is 1.14. The molecule has 1 amide bonds. The van der Waals surface area contributed by atoms with Gasteiger partial charge in [-0.15, -0.1) is 0 Å². The number of carbonyl (C=O) groups excluding carboxylic acids is 1. The quantitative estimate of drug-likeness (QED) is 0.541. The lowest BCUT2D eigenvalue weighted by atomic mass is 10.4. The summed E-state index contributed by atoms with van der Waals surface area (Å²) in [6, 6.07) is 0. The summed E-state index contributed by atoms with van der Waals surface area (Å²) < 4.78 is 0. The lowest BCUT2D eigenvalue weighted by Gasteiger charge is -2.13. The molecule has 0 rings (SSSR count). The molecule has 0 unspecified atom stereocenters. The fourth-order valence-corrected chi connectivity index (χ4v) is 0.650. The van der Waals surface area contributed by atoms with Gasteiger partial charge in [-0.2, -0.15) is 0 Å². The second-order valence-corrected chi connectivity index (χ2v) is 1.92. The second-order valence-electron chi connectivity index (χ2n) is 1.92. The molecule has 0 radical (unpaired) electrons. The Hall–Kier alpha value is -1.05. The number of hydrogen-bond donors (Lipinski definition) is 0. The van der Waals surface area contributed by atoms with Crippen molar-refractivity contribution < 1.29 is 4.79 Å². The summed E-state index contributed by atoms with van der Waals surface area (Å²) in [5.41, 5.74) is 0. The molecular formula is C8H13NO. The van der Waals surface area contributed by atoms with E-state index in [1.165, 1.54) is 17.2 Å². The Balaban J connectivity index is 3.91. The van der Waals surface area contributed by atoms with Gasteiger partial charge in [0.05, 0.1) is 0 Å². The highest BCUT2D eigenvalue weighted by Gasteiger charge is 2.02. The Kier molecular flexibility index (Phi) is 4.29. The van der Waals surface area contributed by atoms with Crippen molar-refractivity contribution in [1.82, 2.24) is 4.90 Å². The maximum Gasteiger partial charge on any atom is 0.249 e. The largest absolute Gasteiger partial charge is 0.316 e. The van der Waals surface area contributed by atoms with Crippen LogP contribution in [0.5, 0.6) is 0 Å². The van der Waals surface area contributed by atoms with Gasteiger partial charge in [0.1, 0.15) is 0 Å². The predicted octanol–water partition coefficient (Wildman–Crippen LogP) is 1.55. The molecule has 0 atom stereocenters. The van der Waals surface area contributed by atoms with Crippen LogP contribution in [0.2, 0.25) is 0 Å². The van der Waals surface area contributed by atoms with Gasteiger partial charge in [-0.3, -0.25) is 4.79 Å². The lowest BCUT2D eigenvalue weighted by molar-refractivity contribution is -0.123. The molecule has 2 heteroatoms. The standard InChI is InChI=1S/C8H13NO/c1-4-7-9(6-3)8(10)5-2/h5-6H,2-4,7H2,1H3. The van der Waals surface area contributed by atoms with Crippen LogP contribution in [-0.2, 0) is 4.79 Å². The lowest BCUT2D eigenvalue weighted by Crippen LogP contribution is -2.23. The monoisotopic (exact) mass is 139 g/mol. The fourth-order valence-electron chi connectivity index (χ4n) is 0.650. The average molecular weight is 139 g/mol. The molecule has 0 aromatic carbocycles. The topological polar surface area (TPSA) is 20.3 Å². The van der Waals surface area contributed by atoms with E-state index in [1.54, 1.807) is 0 Å². The number of amides is 1. The Labute approximate surface area is 61.8 Å². The van der Waals surface area contributed by atoms with Crippen molar-refractivity contribution in [3.05, 3.63) is 25.4 Å². The summed E-state index contributed by atoms with van der Waals surface area (Å²) in [6.45, 7) is 9.60. The predicted molar refractivity (Wildman–Crippen MR) is 42.4 cm³/mol. The minimum Gasteiger partial charge on any atom is -0.316 e. The van der Waals surface area contributed by atoms with Gasteiger partial charge in [-0.1, -0.05) is 20.1 Å². The van der Waals surface area contributed by atoms with Gasteiger partial charge in [0.2, 0.25) is 5.91 Å². The molecule has 0 spiro atoms. The zero-order chi connectivity index (χ0) is 7.98. The van der Waals surface area contributed by atoms with Crippen LogP contribution in [0.3, 0.4) is 0 Å². The highest BCUT2D eigenvalue weighted by Crippen LogP contribution is 1.92. The minimum absolute atomic E-state index is 0.0862. The van der Waals surface area contributed by atoms with E-state index >= 15 is 0 Å². The molecule has 0 bridgehead atoms. The van der Waals surface area contributed by atoms with E-state index < -0.39 is 0 Å². The fraction of sp³-hybridized carbons (Fsp3) is 0.375. The van der Waals surface area contributed by atoms with E-state index in [0.29, 0.717) is 6.54 Å². The van der Waals surface area contributed by atoms with Crippen LogP contribution >= 0.6 is 0 Å². The van der Waals surface area contributed by atoms with Crippen molar-refractivity contribution >= 4 is 5.91 Å². The second kappa shape index (κ2) is 4.79. The van der Waals surface area contributed by atoms with Crippen LogP contribution in [0.15, 0.2) is 25.4 Å². The Morgan fingerprint density at radius 3 is 2.50 bits per heavy atom. The van der Waals surface area contributed by atoms with Crippen molar-refractivity contribution in [2.45, 2.75) is 13.3 Å². The molecular weight excluding hydrogens is 126 g/mol. The molecule has 10 heavy (non-hydrogen) atoms. The molecule has 0 aromatic heterocycles. The Morgan fingerprint density at radius 1 is 1.60 bits per heavy atom. The Morgan fingerprint density at radius 2 is 2.20 bits per heavy atom. The van der Waals surface area contributed by atoms with Crippen molar-refractivity contribution in [2.75, 3.05) is 6.54 Å². The van der Waals surface area contributed by atoms with E-state index in [9.17, 15) is 4.79 Å². The van der Waals surface area contributed by atoms with Gasteiger partial charge in [0.25, 0.3) is 0 Å². The molecule has 0 aliphatic rings. The van der Waals surface area contributed by atoms with Crippen LogP contribution in [0, 0.1) is 0 Å². The van der Waals surface area contributed by atoms with Crippen LogP contribution < -0.4 is 0 Å². The summed E-state index contributed by atoms with van der Waals surface area (Å²) in [6.07, 6.45) is 3.75. The van der Waals surface area contributed by atoms with Crippen LogP contribution in [0.1, 0.15) is 13.3 Å². The molecule has 2 nitrogen and oxygen atoms in total. The van der Waals surface area contributed by atoms with E-state index in [1.807, 2.05) is 6.92 Å². The molecule has 0 aromatic rings. The van der Waals surface area contributed by atoms with Crippen molar-refractivity contribution in [1.29, 1.82) is 0 Å². The normalized spacial score (nSPS) is 8.50. The Bertz CT molecular complexity index is 140. The number of nitrogens with zero attached hydrogens (tertiary/aromatic N) is 1.